The number of nitrogens with zero attached hydrogens (tertiary/aromatic N) is 3. The first-order chi connectivity index (χ1) is 12.8. The van der Waals surface area contributed by atoms with Gasteiger partial charge in [0.15, 0.2) is 11.4 Å². The average molecular weight is 397 g/mol. The van der Waals surface area contributed by atoms with E-state index in [0.29, 0.717) is 9.70 Å². The first kappa shape index (κ1) is 18.7. The number of carbonyl (C=O) groups is 1. The summed E-state index contributed by atoms with van der Waals surface area (Å²) in [6.07, 6.45) is -1.94. The van der Waals surface area contributed by atoms with E-state index >= 15 is 0 Å². The van der Waals surface area contributed by atoms with Gasteiger partial charge in [-0.2, -0.15) is 18.3 Å². The number of amides is 1. The van der Waals surface area contributed by atoms with Gasteiger partial charge in [-0.25, -0.2) is 9.48 Å². The lowest BCUT2D eigenvalue weighted by Gasteiger charge is -2.13. The van der Waals surface area contributed by atoms with Crippen molar-refractivity contribution in [3.8, 4) is 11.4 Å². The van der Waals surface area contributed by atoms with Gasteiger partial charge in [-0.05, 0) is 42.0 Å². The van der Waals surface area contributed by atoms with Crippen LogP contribution in [-0.2, 0) is 12.7 Å². The molecular formula is C17H12ClF3N4O2. The predicted octanol–water partition coefficient (Wildman–Crippen LogP) is 4.23. The Kier molecular flexibility index (Phi) is 5.31. The summed E-state index contributed by atoms with van der Waals surface area (Å²) in [4.78, 5) is 15.7. The molecular weight excluding hydrogens is 385 g/mol. The van der Waals surface area contributed by atoms with Crippen molar-refractivity contribution in [2.24, 2.45) is 0 Å². The number of nitrogens with one attached hydrogen (secondary N) is 1. The molecule has 0 saturated carbocycles. The van der Waals surface area contributed by atoms with Gasteiger partial charge in [0.05, 0.1) is 11.9 Å². The zero-order valence-corrected chi connectivity index (χ0v) is 14.3. The zero-order chi connectivity index (χ0) is 19.4. The number of rotatable bonds is 4. The number of benzene rings is 1. The first-order valence-corrected chi connectivity index (χ1v) is 7.98. The van der Waals surface area contributed by atoms with Crippen LogP contribution >= 0.6 is 11.6 Å². The molecule has 10 heteroatoms. The third-order valence-electron chi connectivity index (χ3n) is 3.46. The second kappa shape index (κ2) is 7.67. The van der Waals surface area contributed by atoms with Gasteiger partial charge in [0.1, 0.15) is 0 Å². The van der Waals surface area contributed by atoms with E-state index in [1.54, 1.807) is 12.1 Å². The lowest BCUT2D eigenvalue weighted by atomic mass is 10.3. The Labute approximate surface area is 156 Å². The van der Waals surface area contributed by atoms with E-state index in [4.69, 9.17) is 16.3 Å². The third kappa shape index (κ3) is 4.56. The van der Waals surface area contributed by atoms with Gasteiger partial charge in [-0.1, -0.05) is 11.6 Å². The zero-order valence-electron chi connectivity index (χ0n) is 13.6. The maximum atomic E-state index is 13.5. The molecule has 1 aromatic carbocycles. The molecule has 0 aliphatic heterocycles. The lowest BCUT2D eigenvalue weighted by Crippen LogP contribution is -2.27. The van der Waals surface area contributed by atoms with Crippen LogP contribution in [0.3, 0.4) is 0 Å². The molecule has 0 fully saturated rings. The molecule has 3 aromatic rings. The van der Waals surface area contributed by atoms with Crippen LogP contribution in [0.1, 0.15) is 11.3 Å². The lowest BCUT2D eigenvalue weighted by molar-refractivity contribution is -0.143. The maximum Gasteiger partial charge on any atom is 0.437 e. The number of hydrogen-bond donors (Lipinski definition) is 1. The molecule has 0 bridgehead atoms. The number of carbonyl (C=O) groups excluding carboxylic acids is 1. The largest absolute Gasteiger partial charge is 0.437 e. The topological polar surface area (TPSA) is 69.0 Å². The Hall–Kier alpha value is -3.07. The molecule has 2 heterocycles. The average Bonchev–Trinajstić information content (AvgIpc) is 3.05. The molecule has 0 radical (unpaired) electrons. The van der Waals surface area contributed by atoms with E-state index in [9.17, 15) is 18.0 Å². The highest BCUT2D eigenvalue weighted by Crippen LogP contribution is 2.37. The Bertz CT molecular complexity index is 928. The van der Waals surface area contributed by atoms with Crippen molar-refractivity contribution >= 4 is 17.7 Å². The van der Waals surface area contributed by atoms with E-state index in [2.05, 4.69) is 15.4 Å². The molecule has 0 atom stereocenters. The number of pyridine rings is 1. The van der Waals surface area contributed by atoms with Crippen LogP contribution in [0.2, 0.25) is 5.02 Å². The molecule has 1 N–H and O–H groups in total. The minimum atomic E-state index is -4.79. The number of aromatic nitrogens is 3. The predicted molar refractivity (Wildman–Crippen MR) is 90.7 cm³/mol. The Morgan fingerprint density at radius 2 is 1.81 bits per heavy atom. The Morgan fingerprint density at radius 3 is 2.44 bits per heavy atom. The summed E-state index contributed by atoms with van der Waals surface area (Å²) < 4.78 is 46.0. The molecule has 140 valence electrons. The van der Waals surface area contributed by atoms with Crippen LogP contribution in [-0.4, -0.2) is 20.9 Å². The maximum absolute atomic E-state index is 13.5. The number of halogens is 4. The fraction of sp³-hybridized carbons (Fsp3) is 0.118. The van der Waals surface area contributed by atoms with Crippen LogP contribution < -0.4 is 10.1 Å². The first-order valence-electron chi connectivity index (χ1n) is 7.60. The molecule has 27 heavy (non-hydrogen) atoms. The van der Waals surface area contributed by atoms with Crippen LogP contribution in [0, 0.1) is 0 Å². The van der Waals surface area contributed by atoms with Gasteiger partial charge in [0, 0.05) is 24.0 Å². The van der Waals surface area contributed by atoms with Crippen LogP contribution in [0.15, 0.2) is 55.0 Å². The molecule has 0 unspecified atom stereocenters. The highest BCUT2D eigenvalue weighted by Gasteiger charge is 2.40. The summed E-state index contributed by atoms with van der Waals surface area (Å²) >= 11 is 5.75. The van der Waals surface area contributed by atoms with E-state index in [0.717, 1.165) is 11.8 Å². The third-order valence-corrected chi connectivity index (χ3v) is 3.72. The Morgan fingerprint density at radius 1 is 1.15 bits per heavy atom. The molecule has 0 aliphatic carbocycles. The van der Waals surface area contributed by atoms with Crippen LogP contribution in [0.5, 0.6) is 5.75 Å². The second-order valence-electron chi connectivity index (χ2n) is 5.34. The number of ether oxygens (including phenoxy) is 1. The number of hydrogen-bond acceptors (Lipinski definition) is 4. The second-order valence-corrected chi connectivity index (χ2v) is 5.78. The molecule has 3 rings (SSSR count). The smallest absolute Gasteiger partial charge is 0.406 e. The standard InChI is InChI=1S/C17H12ClF3N4O2/c18-12-1-3-13(4-2-12)25-15(17(19,20)21)14(10-24-25)27-16(26)23-9-11-5-7-22-8-6-11/h1-8,10H,9H2,(H,23,26). The van der Waals surface area contributed by atoms with E-state index < -0.39 is 23.7 Å². The minimum absolute atomic E-state index is 0.0774. The normalized spacial score (nSPS) is 11.3. The van der Waals surface area contributed by atoms with Crippen molar-refractivity contribution in [3.05, 3.63) is 71.3 Å². The SMILES string of the molecule is O=C(NCc1ccncc1)Oc1cnn(-c2ccc(Cl)cc2)c1C(F)(F)F. The van der Waals surface area contributed by atoms with Crippen molar-refractivity contribution in [2.45, 2.75) is 12.7 Å². The number of alkyl halides is 3. The van der Waals surface area contributed by atoms with Crippen molar-refractivity contribution < 1.29 is 22.7 Å². The minimum Gasteiger partial charge on any atom is -0.406 e. The highest BCUT2D eigenvalue weighted by molar-refractivity contribution is 6.30. The summed E-state index contributed by atoms with van der Waals surface area (Å²) in [5, 5.41) is 6.43. The van der Waals surface area contributed by atoms with Crippen molar-refractivity contribution in [1.82, 2.24) is 20.1 Å². The molecule has 1 amide bonds. The Balaban J connectivity index is 1.81. The van der Waals surface area contributed by atoms with Crippen LogP contribution in [0.25, 0.3) is 5.69 Å². The van der Waals surface area contributed by atoms with Gasteiger partial charge in [-0.3, -0.25) is 4.98 Å². The van der Waals surface area contributed by atoms with Gasteiger partial charge in [-0.15, -0.1) is 0 Å². The highest BCUT2D eigenvalue weighted by atomic mass is 35.5. The van der Waals surface area contributed by atoms with E-state index in [-0.39, 0.29) is 12.2 Å². The van der Waals surface area contributed by atoms with Crippen molar-refractivity contribution in [3.63, 3.8) is 0 Å². The summed E-state index contributed by atoms with van der Waals surface area (Å²) in [5.41, 5.74) is -0.363. The van der Waals surface area contributed by atoms with Gasteiger partial charge < -0.3 is 10.1 Å². The summed E-state index contributed by atoms with van der Waals surface area (Å²) in [5.74, 6) is -0.704. The molecule has 0 spiro atoms. The van der Waals surface area contributed by atoms with Gasteiger partial charge in [0.2, 0.25) is 0 Å². The fourth-order valence-electron chi connectivity index (χ4n) is 2.26. The quantitative estimate of drug-likeness (QED) is 0.716. The van der Waals surface area contributed by atoms with E-state index in [1.807, 2.05) is 0 Å². The summed E-state index contributed by atoms with van der Waals surface area (Å²) in [7, 11) is 0. The van der Waals surface area contributed by atoms with Crippen molar-refractivity contribution in [2.75, 3.05) is 0 Å². The van der Waals surface area contributed by atoms with E-state index in [1.165, 1.54) is 36.7 Å². The molecule has 0 aliphatic rings. The summed E-state index contributed by atoms with van der Waals surface area (Å²) in [6.45, 7) is 0.0774. The van der Waals surface area contributed by atoms with Crippen molar-refractivity contribution in [1.29, 1.82) is 0 Å². The summed E-state index contributed by atoms with van der Waals surface area (Å²) in [6, 6.07) is 8.91. The van der Waals surface area contributed by atoms with Gasteiger partial charge in [0.25, 0.3) is 0 Å². The monoisotopic (exact) mass is 396 g/mol. The van der Waals surface area contributed by atoms with Gasteiger partial charge >= 0.3 is 12.3 Å². The molecule has 2 aromatic heterocycles. The van der Waals surface area contributed by atoms with Crippen LogP contribution in [0.4, 0.5) is 18.0 Å². The molecule has 0 saturated heterocycles. The fourth-order valence-corrected chi connectivity index (χ4v) is 2.38. The molecule has 6 nitrogen and oxygen atoms in total.